The van der Waals surface area contributed by atoms with Crippen LogP contribution in [0.3, 0.4) is 0 Å². The van der Waals surface area contributed by atoms with Crippen molar-refractivity contribution in [2.24, 2.45) is 0 Å². The predicted octanol–water partition coefficient (Wildman–Crippen LogP) is 2.81. The van der Waals surface area contributed by atoms with Crippen LogP contribution in [0.4, 0.5) is 5.69 Å². The summed E-state index contributed by atoms with van der Waals surface area (Å²) in [6.07, 6.45) is -1.26. The average molecular weight is 326 g/mol. The molecule has 0 fully saturated rings. The molecule has 0 spiro atoms. The van der Waals surface area contributed by atoms with E-state index in [0.29, 0.717) is 16.8 Å². The van der Waals surface area contributed by atoms with Gasteiger partial charge in [0.25, 0.3) is 11.8 Å². The van der Waals surface area contributed by atoms with Crippen LogP contribution in [0.1, 0.15) is 41.4 Å². The van der Waals surface area contributed by atoms with E-state index in [9.17, 15) is 14.7 Å². The highest BCUT2D eigenvalue weighted by atomic mass is 16.3. The molecule has 0 aliphatic heterocycles. The van der Waals surface area contributed by atoms with Gasteiger partial charge in [-0.3, -0.25) is 9.59 Å². The van der Waals surface area contributed by atoms with Crippen molar-refractivity contribution >= 4 is 17.5 Å². The maximum absolute atomic E-state index is 12.2. The zero-order chi connectivity index (χ0) is 17.7. The summed E-state index contributed by atoms with van der Waals surface area (Å²) in [5.41, 5.74) is 2.29. The van der Waals surface area contributed by atoms with E-state index >= 15 is 0 Å². The van der Waals surface area contributed by atoms with E-state index in [1.807, 2.05) is 26.8 Å². The van der Waals surface area contributed by atoms with Crippen molar-refractivity contribution in [1.29, 1.82) is 0 Å². The van der Waals surface area contributed by atoms with E-state index in [0.717, 1.165) is 5.56 Å². The van der Waals surface area contributed by atoms with Gasteiger partial charge in [0, 0.05) is 17.3 Å². The first kappa shape index (κ1) is 17.7. The highest BCUT2D eigenvalue weighted by Gasteiger charge is 2.18. The summed E-state index contributed by atoms with van der Waals surface area (Å²) in [4.78, 5) is 24.4. The number of aryl methyl sites for hydroxylation is 1. The third-order valence-corrected chi connectivity index (χ3v) is 3.53. The molecule has 0 bridgehead atoms. The maximum atomic E-state index is 12.2. The molecule has 2 rings (SSSR count). The first-order valence-corrected chi connectivity index (χ1v) is 7.84. The summed E-state index contributed by atoms with van der Waals surface area (Å²) in [5, 5.41) is 15.6. The van der Waals surface area contributed by atoms with Gasteiger partial charge in [-0.15, -0.1) is 0 Å². The Labute approximate surface area is 141 Å². The molecule has 2 amide bonds. The first-order chi connectivity index (χ1) is 11.4. The van der Waals surface area contributed by atoms with Gasteiger partial charge in [-0.25, -0.2) is 0 Å². The number of anilines is 1. The Bertz CT molecular complexity index is 727. The van der Waals surface area contributed by atoms with Crippen LogP contribution in [0.25, 0.3) is 0 Å². The molecule has 5 heteroatoms. The predicted molar refractivity (Wildman–Crippen MR) is 93.8 cm³/mol. The number of rotatable bonds is 5. The third kappa shape index (κ3) is 4.43. The van der Waals surface area contributed by atoms with Crippen LogP contribution in [-0.2, 0) is 4.79 Å². The summed E-state index contributed by atoms with van der Waals surface area (Å²) >= 11 is 0. The molecule has 2 aromatic rings. The Morgan fingerprint density at radius 1 is 1.04 bits per heavy atom. The summed E-state index contributed by atoms with van der Waals surface area (Å²) in [6, 6.07) is 13.8. The van der Waals surface area contributed by atoms with Crippen molar-refractivity contribution < 1.29 is 14.7 Å². The number of hydrogen-bond acceptors (Lipinski definition) is 3. The zero-order valence-corrected chi connectivity index (χ0v) is 14.0. The van der Waals surface area contributed by atoms with E-state index < -0.39 is 12.0 Å². The molecule has 126 valence electrons. The molecule has 0 saturated carbocycles. The zero-order valence-electron chi connectivity index (χ0n) is 14.0. The molecule has 5 nitrogen and oxygen atoms in total. The van der Waals surface area contributed by atoms with Crippen molar-refractivity contribution in [3.05, 3.63) is 65.2 Å². The highest BCUT2D eigenvalue weighted by molar-refractivity contribution is 5.99. The van der Waals surface area contributed by atoms with E-state index in [2.05, 4.69) is 10.6 Å². The second-order valence-corrected chi connectivity index (χ2v) is 5.96. The molecule has 2 aromatic carbocycles. The number of hydrogen-bond donors (Lipinski definition) is 3. The van der Waals surface area contributed by atoms with E-state index in [1.54, 1.807) is 42.5 Å². The van der Waals surface area contributed by atoms with Crippen LogP contribution in [-0.4, -0.2) is 23.0 Å². The Hall–Kier alpha value is -2.66. The van der Waals surface area contributed by atoms with Crippen molar-refractivity contribution in [3.63, 3.8) is 0 Å². The van der Waals surface area contributed by atoms with Crippen LogP contribution < -0.4 is 10.6 Å². The highest BCUT2D eigenvalue weighted by Crippen LogP contribution is 2.19. The summed E-state index contributed by atoms with van der Waals surface area (Å²) in [6.45, 7) is 5.60. The van der Waals surface area contributed by atoms with Crippen LogP contribution >= 0.6 is 0 Å². The van der Waals surface area contributed by atoms with Crippen LogP contribution in [0.2, 0.25) is 0 Å². The van der Waals surface area contributed by atoms with Gasteiger partial charge in [0.05, 0.1) is 0 Å². The minimum atomic E-state index is -1.26. The fourth-order valence-corrected chi connectivity index (χ4v) is 2.28. The normalized spacial score (nSPS) is 11.9. The minimum Gasteiger partial charge on any atom is -0.378 e. The first-order valence-electron chi connectivity index (χ1n) is 7.84. The molecule has 1 unspecified atom stereocenters. The Kier molecular flexibility index (Phi) is 5.71. The van der Waals surface area contributed by atoms with Crippen LogP contribution in [0.5, 0.6) is 0 Å². The lowest BCUT2D eigenvalue weighted by Crippen LogP contribution is -2.30. The third-order valence-electron chi connectivity index (χ3n) is 3.53. The molecule has 3 N–H and O–H groups in total. The van der Waals surface area contributed by atoms with Crippen molar-refractivity contribution in [2.45, 2.75) is 32.9 Å². The molecule has 0 heterocycles. The van der Waals surface area contributed by atoms with E-state index in [4.69, 9.17) is 0 Å². The molecule has 1 atom stereocenters. The maximum Gasteiger partial charge on any atom is 0.257 e. The SMILES string of the molecule is Cc1ccc(NC(=O)C(O)c2ccccc2)cc1C(=O)NC(C)C. The summed E-state index contributed by atoms with van der Waals surface area (Å²) in [5.74, 6) is -0.734. The van der Waals surface area contributed by atoms with Crippen molar-refractivity contribution in [1.82, 2.24) is 5.32 Å². The molecule has 0 aliphatic carbocycles. The van der Waals surface area contributed by atoms with Gasteiger partial charge < -0.3 is 15.7 Å². The van der Waals surface area contributed by atoms with Gasteiger partial charge in [-0.1, -0.05) is 36.4 Å². The van der Waals surface area contributed by atoms with E-state index in [1.165, 1.54) is 0 Å². The smallest absolute Gasteiger partial charge is 0.257 e. The minimum absolute atomic E-state index is 0.0232. The van der Waals surface area contributed by atoms with Crippen molar-refractivity contribution in [2.75, 3.05) is 5.32 Å². The second kappa shape index (κ2) is 7.75. The van der Waals surface area contributed by atoms with Crippen LogP contribution in [0, 0.1) is 6.92 Å². The number of aliphatic hydroxyl groups excluding tert-OH is 1. The lowest BCUT2D eigenvalue weighted by atomic mass is 10.1. The molecule has 0 aromatic heterocycles. The van der Waals surface area contributed by atoms with Gasteiger partial charge in [0.15, 0.2) is 6.10 Å². The van der Waals surface area contributed by atoms with Gasteiger partial charge in [0.1, 0.15) is 0 Å². The van der Waals surface area contributed by atoms with Gasteiger partial charge in [0.2, 0.25) is 0 Å². The molecule has 0 saturated heterocycles. The van der Waals surface area contributed by atoms with Gasteiger partial charge in [-0.2, -0.15) is 0 Å². The van der Waals surface area contributed by atoms with Gasteiger partial charge >= 0.3 is 0 Å². The Balaban J connectivity index is 2.15. The lowest BCUT2D eigenvalue weighted by molar-refractivity contribution is -0.124. The standard InChI is InChI=1S/C19H22N2O3/c1-12(2)20-18(23)16-11-15(10-9-13(16)3)21-19(24)17(22)14-7-5-4-6-8-14/h4-12,17,22H,1-3H3,(H,20,23)(H,21,24). The number of carbonyl (C=O) groups is 2. The molecule has 0 radical (unpaired) electrons. The number of nitrogens with one attached hydrogen (secondary N) is 2. The van der Waals surface area contributed by atoms with Crippen molar-refractivity contribution in [3.8, 4) is 0 Å². The summed E-state index contributed by atoms with van der Waals surface area (Å²) < 4.78 is 0. The number of amides is 2. The quantitative estimate of drug-likeness (QED) is 0.790. The fourth-order valence-electron chi connectivity index (χ4n) is 2.28. The van der Waals surface area contributed by atoms with Crippen LogP contribution in [0.15, 0.2) is 48.5 Å². The Morgan fingerprint density at radius 3 is 2.33 bits per heavy atom. The fraction of sp³-hybridized carbons (Fsp3) is 0.263. The number of aliphatic hydroxyl groups is 1. The molecule has 0 aliphatic rings. The Morgan fingerprint density at radius 2 is 1.71 bits per heavy atom. The largest absolute Gasteiger partial charge is 0.378 e. The summed E-state index contributed by atoms with van der Waals surface area (Å²) in [7, 11) is 0. The monoisotopic (exact) mass is 326 g/mol. The number of carbonyl (C=O) groups excluding carboxylic acids is 2. The average Bonchev–Trinajstić information content (AvgIpc) is 2.56. The van der Waals surface area contributed by atoms with E-state index in [-0.39, 0.29) is 11.9 Å². The lowest BCUT2D eigenvalue weighted by Gasteiger charge is -2.14. The van der Waals surface area contributed by atoms with Gasteiger partial charge in [-0.05, 0) is 44.0 Å². The molecular weight excluding hydrogens is 304 g/mol. The topological polar surface area (TPSA) is 78.4 Å². The molecular formula is C19H22N2O3. The number of benzene rings is 2. The molecule has 24 heavy (non-hydrogen) atoms. The second-order valence-electron chi connectivity index (χ2n) is 5.96.